The molecule has 0 bridgehead atoms. The molecule has 164 valence electrons. The summed E-state index contributed by atoms with van der Waals surface area (Å²) in [4.78, 5) is 28.2. The van der Waals surface area contributed by atoms with Crippen LogP contribution in [0.2, 0.25) is 0 Å². The fraction of sp³-hybridized carbons (Fsp3) is 0.308. The van der Waals surface area contributed by atoms with Crippen LogP contribution in [0.1, 0.15) is 47.5 Å². The standard InChI is InChI=1S/C26H25NO5/c1-2-16-9-11-17(12-10-16)23-22(24(28)21-14-18-6-3-4-8-20(18)32-21)25(29)26(30)27(23)15-19-7-5-13-31-19/h3-4,6,8-12,14,19,23,29H,2,5,7,13,15H2,1H3. The molecule has 5 rings (SSSR count). The van der Waals surface area contributed by atoms with Gasteiger partial charge in [0.15, 0.2) is 11.5 Å². The summed E-state index contributed by atoms with van der Waals surface area (Å²) in [6, 6.07) is 16.1. The highest BCUT2D eigenvalue weighted by molar-refractivity contribution is 6.16. The molecule has 0 radical (unpaired) electrons. The number of fused-ring (bicyclic) bond motifs is 1. The zero-order valence-electron chi connectivity index (χ0n) is 17.9. The number of hydrogen-bond acceptors (Lipinski definition) is 5. The van der Waals surface area contributed by atoms with Crippen LogP contribution in [0, 0.1) is 0 Å². The van der Waals surface area contributed by atoms with Crippen molar-refractivity contribution in [3.63, 3.8) is 0 Å². The number of carbonyl (C=O) groups excluding carboxylic acids is 2. The van der Waals surface area contributed by atoms with Crippen molar-refractivity contribution in [3.8, 4) is 0 Å². The Balaban J connectivity index is 1.56. The number of hydrogen-bond donors (Lipinski definition) is 1. The van der Waals surface area contributed by atoms with Gasteiger partial charge in [0.1, 0.15) is 5.58 Å². The maximum Gasteiger partial charge on any atom is 0.290 e. The molecule has 0 saturated carbocycles. The summed E-state index contributed by atoms with van der Waals surface area (Å²) in [5.74, 6) is -1.44. The number of aliphatic hydroxyl groups excluding tert-OH is 1. The van der Waals surface area contributed by atoms with Crippen molar-refractivity contribution >= 4 is 22.7 Å². The van der Waals surface area contributed by atoms with Crippen molar-refractivity contribution in [1.29, 1.82) is 0 Å². The highest BCUT2D eigenvalue weighted by atomic mass is 16.5. The van der Waals surface area contributed by atoms with E-state index in [0.717, 1.165) is 35.8 Å². The minimum atomic E-state index is -0.696. The topological polar surface area (TPSA) is 80.0 Å². The van der Waals surface area contributed by atoms with E-state index in [4.69, 9.17) is 9.15 Å². The summed E-state index contributed by atoms with van der Waals surface area (Å²) in [6.07, 6.45) is 2.56. The Labute approximate surface area is 186 Å². The largest absolute Gasteiger partial charge is 0.503 e. The molecule has 6 nitrogen and oxygen atoms in total. The Kier molecular flexibility index (Phi) is 5.31. The average molecular weight is 431 g/mol. The normalized spacial score (nSPS) is 21.2. The number of benzene rings is 2. The van der Waals surface area contributed by atoms with Gasteiger partial charge in [0, 0.05) is 18.5 Å². The van der Waals surface area contributed by atoms with Crippen LogP contribution in [-0.4, -0.2) is 41.0 Å². The van der Waals surface area contributed by atoms with E-state index >= 15 is 0 Å². The number of para-hydroxylation sites is 1. The molecule has 0 spiro atoms. The highest BCUT2D eigenvalue weighted by Crippen LogP contribution is 2.40. The smallest absolute Gasteiger partial charge is 0.290 e. The lowest BCUT2D eigenvalue weighted by Gasteiger charge is -2.28. The summed E-state index contributed by atoms with van der Waals surface area (Å²) in [5.41, 5.74) is 2.57. The predicted molar refractivity (Wildman–Crippen MR) is 119 cm³/mol. The predicted octanol–water partition coefficient (Wildman–Crippen LogP) is 4.75. The number of ether oxygens (including phenoxy) is 1. The van der Waals surface area contributed by atoms with Crippen LogP contribution in [-0.2, 0) is 16.0 Å². The number of rotatable bonds is 6. The molecule has 3 heterocycles. The third kappa shape index (κ3) is 3.50. The summed E-state index contributed by atoms with van der Waals surface area (Å²) in [7, 11) is 0. The fourth-order valence-electron chi connectivity index (χ4n) is 4.59. The summed E-state index contributed by atoms with van der Waals surface area (Å²) in [6.45, 7) is 3.05. The Bertz CT molecular complexity index is 1170. The van der Waals surface area contributed by atoms with Crippen molar-refractivity contribution in [2.45, 2.75) is 38.3 Å². The zero-order chi connectivity index (χ0) is 22.2. The average Bonchev–Trinajstić information content (AvgIpc) is 3.54. The molecule has 1 aromatic heterocycles. The van der Waals surface area contributed by atoms with Crippen LogP contribution >= 0.6 is 0 Å². The van der Waals surface area contributed by atoms with E-state index in [-0.39, 0.29) is 17.4 Å². The highest BCUT2D eigenvalue weighted by Gasteiger charge is 2.45. The molecule has 2 unspecified atom stereocenters. The maximum absolute atomic E-state index is 13.5. The number of ketones is 1. The molecule has 32 heavy (non-hydrogen) atoms. The summed E-state index contributed by atoms with van der Waals surface area (Å²) in [5, 5.41) is 11.6. The van der Waals surface area contributed by atoms with E-state index in [0.29, 0.717) is 18.7 Å². The molecule has 1 N–H and O–H groups in total. The van der Waals surface area contributed by atoms with Crippen molar-refractivity contribution in [3.05, 3.63) is 82.8 Å². The monoisotopic (exact) mass is 431 g/mol. The van der Waals surface area contributed by atoms with Gasteiger partial charge >= 0.3 is 0 Å². The van der Waals surface area contributed by atoms with Crippen LogP contribution in [0.25, 0.3) is 11.0 Å². The first-order valence-corrected chi connectivity index (χ1v) is 11.0. The molecule has 2 aromatic carbocycles. The number of aryl methyl sites for hydroxylation is 1. The van der Waals surface area contributed by atoms with Gasteiger partial charge in [-0.2, -0.15) is 0 Å². The number of carbonyl (C=O) groups is 2. The Morgan fingerprint density at radius 2 is 1.94 bits per heavy atom. The number of amides is 1. The third-order valence-electron chi connectivity index (χ3n) is 6.33. The zero-order valence-corrected chi connectivity index (χ0v) is 17.9. The lowest BCUT2D eigenvalue weighted by molar-refractivity contribution is -0.131. The van der Waals surface area contributed by atoms with Gasteiger partial charge in [0.05, 0.1) is 17.7 Å². The second-order valence-corrected chi connectivity index (χ2v) is 8.33. The van der Waals surface area contributed by atoms with Crippen molar-refractivity contribution in [2.75, 3.05) is 13.2 Å². The molecular weight excluding hydrogens is 406 g/mol. The Hall–Kier alpha value is -3.38. The number of furan rings is 1. The van der Waals surface area contributed by atoms with Crippen LogP contribution in [0.5, 0.6) is 0 Å². The van der Waals surface area contributed by atoms with Gasteiger partial charge in [-0.15, -0.1) is 0 Å². The Morgan fingerprint density at radius 3 is 2.62 bits per heavy atom. The number of aliphatic hydroxyl groups is 1. The maximum atomic E-state index is 13.5. The van der Waals surface area contributed by atoms with Gasteiger partial charge in [-0.3, -0.25) is 9.59 Å². The molecule has 1 amide bonds. The second kappa shape index (κ2) is 8.28. The van der Waals surface area contributed by atoms with Crippen molar-refractivity contribution < 1.29 is 23.8 Å². The first-order chi connectivity index (χ1) is 15.6. The molecule has 2 aliphatic rings. The molecule has 1 fully saturated rings. The van der Waals surface area contributed by atoms with Gasteiger partial charge in [0.2, 0.25) is 5.78 Å². The lowest BCUT2D eigenvalue weighted by Crippen LogP contribution is -2.37. The molecular formula is C26H25NO5. The molecule has 6 heteroatoms. The second-order valence-electron chi connectivity index (χ2n) is 8.33. The first-order valence-electron chi connectivity index (χ1n) is 11.0. The van der Waals surface area contributed by atoms with Crippen LogP contribution in [0.4, 0.5) is 0 Å². The van der Waals surface area contributed by atoms with E-state index in [1.54, 1.807) is 17.0 Å². The third-order valence-corrected chi connectivity index (χ3v) is 6.33. The Morgan fingerprint density at radius 1 is 1.16 bits per heavy atom. The summed E-state index contributed by atoms with van der Waals surface area (Å²) >= 11 is 0. The van der Waals surface area contributed by atoms with Gasteiger partial charge in [-0.1, -0.05) is 49.4 Å². The molecule has 1 saturated heterocycles. The first kappa shape index (κ1) is 20.5. The van der Waals surface area contributed by atoms with E-state index < -0.39 is 23.5 Å². The van der Waals surface area contributed by atoms with Gasteiger partial charge < -0.3 is 19.2 Å². The van der Waals surface area contributed by atoms with E-state index in [1.165, 1.54) is 0 Å². The molecule has 2 atom stereocenters. The van der Waals surface area contributed by atoms with E-state index in [1.807, 2.05) is 42.5 Å². The van der Waals surface area contributed by atoms with E-state index in [2.05, 4.69) is 6.92 Å². The van der Waals surface area contributed by atoms with Crippen LogP contribution < -0.4 is 0 Å². The van der Waals surface area contributed by atoms with E-state index in [9.17, 15) is 14.7 Å². The SMILES string of the molecule is CCc1ccc(C2C(C(=O)c3cc4ccccc4o3)=C(O)C(=O)N2CC2CCCO2)cc1. The van der Waals surface area contributed by atoms with Crippen molar-refractivity contribution in [1.82, 2.24) is 4.90 Å². The van der Waals surface area contributed by atoms with Crippen molar-refractivity contribution in [2.24, 2.45) is 0 Å². The fourth-order valence-corrected chi connectivity index (χ4v) is 4.59. The van der Waals surface area contributed by atoms with Crippen LogP contribution in [0.3, 0.4) is 0 Å². The number of Topliss-reactive ketones (excluding diaryl/α,β-unsaturated/α-hetero) is 1. The summed E-state index contributed by atoms with van der Waals surface area (Å²) < 4.78 is 11.5. The minimum Gasteiger partial charge on any atom is -0.503 e. The quantitative estimate of drug-likeness (QED) is 0.570. The van der Waals surface area contributed by atoms with Gasteiger partial charge in [0.25, 0.3) is 5.91 Å². The molecule has 0 aliphatic carbocycles. The van der Waals surface area contributed by atoms with Gasteiger partial charge in [-0.25, -0.2) is 0 Å². The van der Waals surface area contributed by atoms with Gasteiger partial charge in [-0.05, 0) is 42.5 Å². The molecule has 2 aliphatic heterocycles. The number of nitrogens with zero attached hydrogens (tertiary/aromatic N) is 1. The lowest BCUT2D eigenvalue weighted by atomic mass is 9.94. The minimum absolute atomic E-state index is 0.0521. The molecule has 3 aromatic rings. The van der Waals surface area contributed by atoms with Crippen LogP contribution in [0.15, 0.2) is 70.3 Å².